The zero-order valence-electron chi connectivity index (χ0n) is 26.7. The molecule has 1 amide bonds. The zero-order valence-corrected chi connectivity index (χ0v) is 26.7. The minimum atomic E-state index is -0.510. The first-order chi connectivity index (χ1) is 21.3. The van der Waals surface area contributed by atoms with Gasteiger partial charge in [0.15, 0.2) is 5.78 Å². The quantitative estimate of drug-likeness (QED) is 0.316. The van der Waals surface area contributed by atoms with E-state index in [-0.39, 0.29) is 35.5 Å². The van der Waals surface area contributed by atoms with Crippen molar-refractivity contribution in [3.05, 3.63) is 88.2 Å². The molecule has 3 aliphatic heterocycles. The molecule has 0 spiro atoms. The number of methoxy groups -OCH3 is 1. The number of rotatable bonds is 9. The summed E-state index contributed by atoms with van der Waals surface area (Å²) in [6, 6.07) is 17.8. The number of Topliss-reactive ketones (excluding diaryl/α,β-unsaturated/α-hetero) is 1. The van der Waals surface area contributed by atoms with Gasteiger partial charge < -0.3 is 14.4 Å². The molecule has 2 aromatic carbocycles. The second-order valence-electron chi connectivity index (χ2n) is 12.2. The molecule has 0 saturated carbocycles. The number of allylic oxidation sites excluding steroid dienone is 1. The van der Waals surface area contributed by atoms with Crippen LogP contribution in [-0.2, 0) is 14.3 Å². The van der Waals surface area contributed by atoms with Gasteiger partial charge in [-0.25, -0.2) is 0 Å². The monoisotopic (exact) mass is 595 g/mol. The number of amides is 1. The molecule has 7 nitrogen and oxygen atoms in total. The van der Waals surface area contributed by atoms with E-state index in [1.54, 1.807) is 19.5 Å². The van der Waals surface area contributed by atoms with E-state index >= 15 is 0 Å². The van der Waals surface area contributed by atoms with E-state index in [4.69, 9.17) is 9.47 Å². The molecule has 0 radical (unpaired) electrons. The lowest BCUT2D eigenvalue weighted by Gasteiger charge is -2.38. The Balaban J connectivity index is 1.44. The van der Waals surface area contributed by atoms with Crippen molar-refractivity contribution in [2.75, 3.05) is 26.7 Å². The van der Waals surface area contributed by atoms with Crippen LogP contribution in [0.3, 0.4) is 0 Å². The molecule has 1 saturated heterocycles. The van der Waals surface area contributed by atoms with E-state index in [2.05, 4.69) is 37.7 Å². The molecule has 44 heavy (non-hydrogen) atoms. The number of ether oxygens (including phenoxy) is 2. The van der Waals surface area contributed by atoms with Gasteiger partial charge in [-0.1, -0.05) is 68.8 Å². The summed E-state index contributed by atoms with van der Waals surface area (Å²) in [6.07, 6.45) is 6.28. The van der Waals surface area contributed by atoms with Gasteiger partial charge in [-0.05, 0) is 50.3 Å². The molecule has 0 aromatic heterocycles. The molecule has 5 atom stereocenters. The van der Waals surface area contributed by atoms with Gasteiger partial charge in [-0.15, -0.1) is 0 Å². The third kappa shape index (κ3) is 6.48. The number of piperidine rings is 1. The molecule has 2 aromatic rings. The van der Waals surface area contributed by atoms with Crippen LogP contribution in [0.2, 0.25) is 0 Å². The van der Waals surface area contributed by atoms with Crippen LogP contribution in [0.4, 0.5) is 0 Å². The molecule has 0 bridgehead atoms. The van der Waals surface area contributed by atoms with Crippen LogP contribution in [-0.4, -0.2) is 67.9 Å². The smallest absolute Gasteiger partial charge is 0.254 e. The van der Waals surface area contributed by atoms with Gasteiger partial charge in [0, 0.05) is 73.6 Å². The van der Waals surface area contributed by atoms with E-state index < -0.39 is 6.10 Å². The normalized spacial score (nSPS) is 24.6. The largest absolute Gasteiger partial charge is 0.460 e. The summed E-state index contributed by atoms with van der Waals surface area (Å²) >= 11 is 0. The number of hydrogen-bond donors (Lipinski definition) is 0. The standard InChI is InChI=1S/C37H45N3O4/c1-6-13-32(43-5)34(41)33-24(2)25(3)35(44-36(33)27-14-8-7-9-15-27)28-16-12-21-40(23-28)37(42)30-18-11-10-17-29(30)31-22-38-19-20-39-26(31)4/h7-11,14-15,17-20,24,26,28,31-32H,6,12-13,16,21-23H2,1-5H3. The van der Waals surface area contributed by atoms with E-state index in [1.165, 1.54) is 0 Å². The predicted octanol–water partition coefficient (Wildman–Crippen LogP) is 6.90. The Kier molecular flexibility index (Phi) is 10.3. The lowest BCUT2D eigenvalue weighted by atomic mass is 9.80. The number of ketones is 1. The van der Waals surface area contributed by atoms with Crippen LogP contribution in [0.25, 0.3) is 5.76 Å². The van der Waals surface area contributed by atoms with Crippen LogP contribution >= 0.6 is 0 Å². The molecule has 5 unspecified atom stereocenters. The molecule has 5 rings (SSSR count). The number of carbonyl (C=O) groups excluding carboxylic acids is 2. The van der Waals surface area contributed by atoms with Gasteiger partial charge in [0.1, 0.15) is 17.6 Å². The third-order valence-electron chi connectivity index (χ3n) is 9.40. The van der Waals surface area contributed by atoms with Gasteiger partial charge in [0.05, 0.1) is 6.04 Å². The first-order valence-electron chi connectivity index (χ1n) is 16.0. The summed E-state index contributed by atoms with van der Waals surface area (Å²) in [7, 11) is 1.60. The minimum absolute atomic E-state index is 0.0161. The highest BCUT2D eigenvalue weighted by atomic mass is 16.5. The lowest BCUT2D eigenvalue weighted by Crippen LogP contribution is -2.42. The summed E-state index contributed by atoms with van der Waals surface area (Å²) in [4.78, 5) is 39.1. The predicted molar refractivity (Wildman–Crippen MR) is 176 cm³/mol. The molecule has 7 heteroatoms. The molecule has 3 aliphatic rings. The SMILES string of the molecule is CCCC(OC)C(=O)C1=C(c2ccccc2)OC(C2CCCN(C(=O)c3ccccc3C3CN=CC=NC3C)C2)=C(C)C1C. The average molecular weight is 596 g/mol. The Labute approximate surface area is 261 Å². The van der Waals surface area contributed by atoms with Crippen molar-refractivity contribution in [1.82, 2.24) is 4.90 Å². The Morgan fingerprint density at radius 2 is 1.82 bits per heavy atom. The van der Waals surface area contributed by atoms with Crippen LogP contribution in [0.1, 0.15) is 80.8 Å². The highest BCUT2D eigenvalue weighted by Gasteiger charge is 2.39. The Morgan fingerprint density at radius 1 is 1.07 bits per heavy atom. The minimum Gasteiger partial charge on any atom is -0.460 e. The fraction of sp³-hybridized carbons (Fsp3) is 0.459. The van der Waals surface area contributed by atoms with Gasteiger partial charge in [0.2, 0.25) is 0 Å². The maximum absolute atomic E-state index is 14.2. The van der Waals surface area contributed by atoms with E-state index in [0.29, 0.717) is 37.4 Å². The first kappa shape index (κ1) is 31.6. The lowest BCUT2D eigenvalue weighted by molar-refractivity contribution is -0.125. The highest BCUT2D eigenvalue weighted by molar-refractivity contribution is 6.16. The fourth-order valence-electron chi connectivity index (χ4n) is 6.77. The summed E-state index contributed by atoms with van der Waals surface area (Å²) in [5, 5.41) is 0. The maximum atomic E-state index is 14.2. The number of aliphatic imine (C=N–C) groups is 2. The molecule has 232 valence electrons. The third-order valence-corrected chi connectivity index (χ3v) is 9.40. The summed E-state index contributed by atoms with van der Waals surface area (Å²) in [6.45, 7) is 10.2. The van der Waals surface area contributed by atoms with Crippen LogP contribution < -0.4 is 0 Å². The van der Waals surface area contributed by atoms with Crippen molar-refractivity contribution < 1.29 is 19.1 Å². The Bertz CT molecular complexity index is 1470. The number of likely N-dealkylation sites (tertiary alicyclic amines) is 1. The fourth-order valence-corrected chi connectivity index (χ4v) is 6.77. The molecular formula is C37H45N3O4. The van der Waals surface area contributed by atoms with Crippen molar-refractivity contribution >= 4 is 29.9 Å². The Morgan fingerprint density at radius 3 is 2.57 bits per heavy atom. The van der Waals surface area contributed by atoms with Crippen molar-refractivity contribution in [1.29, 1.82) is 0 Å². The van der Waals surface area contributed by atoms with Crippen molar-refractivity contribution in [3.8, 4) is 0 Å². The summed E-state index contributed by atoms with van der Waals surface area (Å²) in [5.74, 6) is 1.43. The number of benzene rings is 2. The second-order valence-corrected chi connectivity index (χ2v) is 12.2. The van der Waals surface area contributed by atoms with Crippen molar-refractivity contribution in [2.24, 2.45) is 21.8 Å². The molecule has 1 fully saturated rings. The van der Waals surface area contributed by atoms with Gasteiger partial charge in [-0.3, -0.25) is 19.6 Å². The number of carbonyl (C=O) groups is 2. The summed E-state index contributed by atoms with van der Waals surface area (Å²) in [5.41, 5.74) is 4.30. The molecule has 0 N–H and O–H groups in total. The number of nitrogens with zero attached hydrogens (tertiary/aromatic N) is 3. The summed E-state index contributed by atoms with van der Waals surface area (Å²) < 4.78 is 12.4. The average Bonchev–Trinajstić information content (AvgIpc) is 3.28. The zero-order chi connectivity index (χ0) is 31.2. The number of hydrogen-bond acceptors (Lipinski definition) is 6. The maximum Gasteiger partial charge on any atom is 0.254 e. The van der Waals surface area contributed by atoms with Crippen molar-refractivity contribution in [2.45, 2.75) is 71.4 Å². The second kappa shape index (κ2) is 14.3. The van der Waals surface area contributed by atoms with E-state index in [9.17, 15) is 9.59 Å². The highest BCUT2D eigenvalue weighted by Crippen LogP contribution is 2.43. The molecule has 0 aliphatic carbocycles. The molecule has 3 heterocycles. The van der Waals surface area contributed by atoms with Crippen LogP contribution in [0, 0.1) is 11.8 Å². The van der Waals surface area contributed by atoms with Crippen LogP contribution in [0.5, 0.6) is 0 Å². The van der Waals surface area contributed by atoms with Gasteiger partial charge in [0.25, 0.3) is 5.91 Å². The van der Waals surface area contributed by atoms with E-state index in [0.717, 1.165) is 47.3 Å². The van der Waals surface area contributed by atoms with Crippen LogP contribution in [0.15, 0.2) is 81.5 Å². The van der Waals surface area contributed by atoms with Gasteiger partial charge in [-0.2, -0.15) is 0 Å². The van der Waals surface area contributed by atoms with E-state index in [1.807, 2.05) is 59.5 Å². The first-order valence-corrected chi connectivity index (χ1v) is 16.0. The topological polar surface area (TPSA) is 80.6 Å². The van der Waals surface area contributed by atoms with Crippen molar-refractivity contribution in [3.63, 3.8) is 0 Å². The molecular weight excluding hydrogens is 550 g/mol. The van der Waals surface area contributed by atoms with Gasteiger partial charge >= 0.3 is 0 Å². The Hall–Kier alpha value is -3.84.